The Morgan fingerprint density at radius 1 is 1.29 bits per heavy atom. The van der Waals surface area contributed by atoms with Gasteiger partial charge >= 0.3 is 0 Å². The number of fused-ring (bicyclic) bond motifs is 1. The van der Waals surface area contributed by atoms with E-state index in [0.29, 0.717) is 16.5 Å². The molecule has 24 heavy (non-hydrogen) atoms. The zero-order valence-electron chi connectivity index (χ0n) is 12.9. The molecule has 0 aliphatic carbocycles. The van der Waals surface area contributed by atoms with E-state index in [1.807, 2.05) is 24.3 Å². The number of para-hydroxylation sites is 2. The summed E-state index contributed by atoms with van der Waals surface area (Å²) >= 11 is 1.21. The molecule has 1 aromatic heterocycles. The maximum Gasteiger partial charge on any atom is 0.257 e. The first kappa shape index (κ1) is 16.1. The van der Waals surface area contributed by atoms with E-state index in [9.17, 15) is 9.90 Å². The molecule has 1 amide bonds. The number of hydrogen-bond acceptors (Lipinski definition) is 6. The van der Waals surface area contributed by atoms with Gasteiger partial charge in [0.25, 0.3) is 11.1 Å². The normalized spacial score (nSPS) is 11.6. The second-order valence-corrected chi connectivity index (χ2v) is 5.95. The number of phenols is 1. The van der Waals surface area contributed by atoms with Crippen molar-refractivity contribution in [1.82, 2.24) is 10.4 Å². The molecule has 0 spiro atoms. The van der Waals surface area contributed by atoms with Crippen LogP contribution < -0.4 is 5.43 Å². The first-order valence-electron chi connectivity index (χ1n) is 7.23. The fourth-order valence-corrected chi connectivity index (χ4v) is 2.64. The highest BCUT2D eigenvalue weighted by Gasteiger charge is 2.09. The van der Waals surface area contributed by atoms with E-state index in [1.54, 1.807) is 31.2 Å². The Morgan fingerprint density at radius 3 is 2.92 bits per heavy atom. The lowest BCUT2D eigenvalue weighted by atomic mass is 10.1. The molecule has 122 valence electrons. The fraction of sp³-hybridized carbons (Fsp3) is 0.118. The number of thioether (sulfide) groups is 1. The van der Waals surface area contributed by atoms with Gasteiger partial charge in [0, 0.05) is 5.56 Å². The molecule has 1 heterocycles. The van der Waals surface area contributed by atoms with Crippen molar-refractivity contribution in [3.8, 4) is 5.75 Å². The number of carbonyl (C=O) groups is 1. The summed E-state index contributed by atoms with van der Waals surface area (Å²) in [5.41, 5.74) is 5.28. The number of aromatic hydroxyl groups is 1. The minimum absolute atomic E-state index is 0.143. The van der Waals surface area contributed by atoms with Crippen molar-refractivity contribution < 1.29 is 14.3 Å². The van der Waals surface area contributed by atoms with Gasteiger partial charge in [0.2, 0.25) is 0 Å². The molecule has 3 rings (SSSR count). The number of carbonyl (C=O) groups excluding carboxylic acids is 1. The maximum absolute atomic E-state index is 11.9. The van der Waals surface area contributed by atoms with Crippen molar-refractivity contribution in [2.45, 2.75) is 12.1 Å². The molecular formula is C17H15N3O3S. The van der Waals surface area contributed by atoms with Crippen molar-refractivity contribution >= 4 is 34.5 Å². The lowest BCUT2D eigenvalue weighted by molar-refractivity contribution is -0.118. The Bertz CT molecular complexity index is 872. The summed E-state index contributed by atoms with van der Waals surface area (Å²) in [7, 11) is 0. The summed E-state index contributed by atoms with van der Waals surface area (Å²) in [4.78, 5) is 16.2. The van der Waals surface area contributed by atoms with Crippen LogP contribution in [0, 0.1) is 0 Å². The first-order valence-corrected chi connectivity index (χ1v) is 8.21. The summed E-state index contributed by atoms with van der Waals surface area (Å²) < 4.78 is 5.53. The van der Waals surface area contributed by atoms with Crippen molar-refractivity contribution in [3.63, 3.8) is 0 Å². The number of phenolic OH excluding ortho intramolecular Hbond substituents is 1. The van der Waals surface area contributed by atoms with Crippen LogP contribution in [0.5, 0.6) is 5.75 Å². The molecule has 0 radical (unpaired) electrons. The average molecular weight is 341 g/mol. The van der Waals surface area contributed by atoms with Gasteiger partial charge in [-0.2, -0.15) is 5.10 Å². The van der Waals surface area contributed by atoms with Crippen LogP contribution >= 0.6 is 11.8 Å². The van der Waals surface area contributed by atoms with E-state index in [2.05, 4.69) is 15.5 Å². The quantitative estimate of drug-likeness (QED) is 0.423. The summed E-state index contributed by atoms with van der Waals surface area (Å²) in [6, 6.07) is 14.1. The fourth-order valence-electron chi connectivity index (χ4n) is 2.01. The standard InChI is InChI=1S/C17H15N3O3S/c1-11(12-5-4-6-13(21)9-12)19-20-16(22)10-24-17-18-14-7-2-3-8-15(14)23-17/h2-9,21H,10H2,1H3,(H,20,22)/b19-11-. The van der Waals surface area contributed by atoms with Crippen LogP contribution in [0.1, 0.15) is 12.5 Å². The van der Waals surface area contributed by atoms with Gasteiger partial charge in [-0.15, -0.1) is 0 Å². The molecule has 7 heteroatoms. The zero-order valence-corrected chi connectivity index (χ0v) is 13.7. The lowest BCUT2D eigenvalue weighted by Crippen LogP contribution is -2.21. The Balaban J connectivity index is 1.56. The molecule has 3 aromatic rings. The molecule has 0 aliphatic rings. The molecule has 0 fully saturated rings. The van der Waals surface area contributed by atoms with Gasteiger partial charge in [0.1, 0.15) is 11.3 Å². The molecule has 0 aliphatic heterocycles. The Labute approximate surface area is 142 Å². The van der Waals surface area contributed by atoms with Gasteiger partial charge < -0.3 is 9.52 Å². The number of nitrogens with zero attached hydrogens (tertiary/aromatic N) is 2. The van der Waals surface area contributed by atoms with Gasteiger partial charge in [-0.1, -0.05) is 36.0 Å². The van der Waals surface area contributed by atoms with Crippen LogP contribution in [0.25, 0.3) is 11.1 Å². The van der Waals surface area contributed by atoms with Gasteiger partial charge in [-0.3, -0.25) is 4.79 Å². The van der Waals surface area contributed by atoms with Crippen molar-refractivity contribution in [2.75, 3.05) is 5.75 Å². The highest BCUT2D eigenvalue weighted by molar-refractivity contribution is 7.99. The zero-order chi connectivity index (χ0) is 16.9. The number of amides is 1. The molecule has 2 N–H and O–H groups in total. The maximum atomic E-state index is 11.9. The topological polar surface area (TPSA) is 87.7 Å². The first-order chi connectivity index (χ1) is 11.6. The molecule has 0 bridgehead atoms. The molecule has 0 saturated heterocycles. The lowest BCUT2D eigenvalue weighted by Gasteiger charge is -2.02. The molecule has 6 nitrogen and oxygen atoms in total. The van der Waals surface area contributed by atoms with Crippen molar-refractivity contribution in [2.24, 2.45) is 5.10 Å². The van der Waals surface area contributed by atoms with Gasteiger partial charge in [-0.05, 0) is 31.2 Å². The average Bonchev–Trinajstić information content (AvgIpc) is 3.00. The summed E-state index contributed by atoms with van der Waals surface area (Å²) in [6.45, 7) is 1.75. The Hall–Kier alpha value is -2.80. The van der Waals surface area contributed by atoms with Gasteiger partial charge in [-0.25, -0.2) is 10.4 Å². The third-order valence-electron chi connectivity index (χ3n) is 3.21. The van der Waals surface area contributed by atoms with Crippen LogP contribution in [0.3, 0.4) is 0 Å². The van der Waals surface area contributed by atoms with E-state index >= 15 is 0 Å². The number of rotatable bonds is 5. The molecule has 0 unspecified atom stereocenters. The van der Waals surface area contributed by atoms with E-state index in [1.165, 1.54) is 11.8 Å². The minimum Gasteiger partial charge on any atom is -0.508 e. The SMILES string of the molecule is C/C(=N/NC(=O)CSc1nc2ccccc2o1)c1cccc(O)c1. The predicted molar refractivity (Wildman–Crippen MR) is 93.2 cm³/mol. The number of hydrogen-bond donors (Lipinski definition) is 2. The Kier molecular flexibility index (Phi) is 4.81. The van der Waals surface area contributed by atoms with Crippen LogP contribution in [-0.4, -0.2) is 27.5 Å². The van der Waals surface area contributed by atoms with E-state index in [0.717, 1.165) is 11.1 Å². The monoisotopic (exact) mass is 341 g/mol. The highest BCUT2D eigenvalue weighted by atomic mass is 32.2. The molecular weight excluding hydrogens is 326 g/mol. The van der Waals surface area contributed by atoms with Crippen LogP contribution in [-0.2, 0) is 4.79 Å². The summed E-state index contributed by atoms with van der Waals surface area (Å²) in [5.74, 6) is 0.0329. The molecule has 2 aromatic carbocycles. The molecule has 0 atom stereocenters. The summed E-state index contributed by atoms with van der Waals surface area (Å²) in [5, 5.41) is 13.9. The van der Waals surface area contributed by atoms with Crippen LogP contribution in [0.15, 0.2) is 63.3 Å². The number of oxazole rings is 1. The number of aromatic nitrogens is 1. The van der Waals surface area contributed by atoms with Gasteiger partial charge in [0.15, 0.2) is 5.58 Å². The van der Waals surface area contributed by atoms with Crippen molar-refractivity contribution in [3.05, 3.63) is 54.1 Å². The van der Waals surface area contributed by atoms with E-state index in [-0.39, 0.29) is 17.4 Å². The number of nitrogens with one attached hydrogen (secondary N) is 1. The Morgan fingerprint density at radius 2 is 2.12 bits per heavy atom. The van der Waals surface area contributed by atoms with Crippen molar-refractivity contribution in [1.29, 1.82) is 0 Å². The highest BCUT2D eigenvalue weighted by Crippen LogP contribution is 2.22. The molecule has 0 saturated carbocycles. The van der Waals surface area contributed by atoms with Crippen LogP contribution in [0.4, 0.5) is 0 Å². The smallest absolute Gasteiger partial charge is 0.257 e. The predicted octanol–water partition coefficient (Wildman–Crippen LogP) is 3.17. The second-order valence-electron chi connectivity index (χ2n) is 5.02. The van der Waals surface area contributed by atoms with E-state index < -0.39 is 0 Å². The van der Waals surface area contributed by atoms with Gasteiger partial charge in [0.05, 0.1) is 11.5 Å². The second kappa shape index (κ2) is 7.18. The minimum atomic E-state index is -0.262. The largest absolute Gasteiger partial charge is 0.508 e. The van der Waals surface area contributed by atoms with E-state index in [4.69, 9.17) is 4.42 Å². The number of benzene rings is 2. The number of hydrazone groups is 1. The third-order valence-corrected chi connectivity index (χ3v) is 4.04. The van der Waals surface area contributed by atoms with Crippen LogP contribution in [0.2, 0.25) is 0 Å². The summed E-state index contributed by atoms with van der Waals surface area (Å²) in [6.07, 6.45) is 0. The third kappa shape index (κ3) is 3.94.